The smallest absolute Gasteiger partial charge is 0.277 e. The monoisotopic (exact) mass is 398 g/mol. The van der Waals surface area contributed by atoms with Gasteiger partial charge in [0.2, 0.25) is 5.91 Å². The van der Waals surface area contributed by atoms with Crippen LogP contribution in [0.3, 0.4) is 0 Å². The number of amides is 3. The van der Waals surface area contributed by atoms with E-state index in [1.165, 1.54) is 6.92 Å². The van der Waals surface area contributed by atoms with Crippen molar-refractivity contribution in [2.75, 3.05) is 10.2 Å². The summed E-state index contributed by atoms with van der Waals surface area (Å²) in [6.45, 7) is 5.23. The molecule has 144 valence electrons. The van der Waals surface area contributed by atoms with Gasteiger partial charge in [0.25, 0.3) is 11.8 Å². The SMILES string of the molecule is CC(=O)Nc1ccc(N2C(=O)C(Cl)=C(c3ccc(OC(C)C)cc3)C2=O)cc1. The molecule has 28 heavy (non-hydrogen) atoms. The summed E-state index contributed by atoms with van der Waals surface area (Å²) in [7, 11) is 0. The summed E-state index contributed by atoms with van der Waals surface area (Å²) in [5, 5.41) is 2.50. The van der Waals surface area contributed by atoms with Crippen molar-refractivity contribution in [3.05, 3.63) is 59.1 Å². The second-order valence-corrected chi connectivity index (χ2v) is 6.93. The van der Waals surface area contributed by atoms with Crippen molar-refractivity contribution < 1.29 is 19.1 Å². The van der Waals surface area contributed by atoms with Crippen molar-refractivity contribution >= 4 is 46.3 Å². The minimum absolute atomic E-state index is 0.0271. The lowest BCUT2D eigenvalue weighted by Crippen LogP contribution is -2.31. The van der Waals surface area contributed by atoms with Crippen LogP contribution in [-0.4, -0.2) is 23.8 Å². The van der Waals surface area contributed by atoms with Crippen LogP contribution in [0.4, 0.5) is 11.4 Å². The van der Waals surface area contributed by atoms with Gasteiger partial charge in [0, 0.05) is 12.6 Å². The number of carbonyl (C=O) groups excluding carboxylic acids is 3. The van der Waals surface area contributed by atoms with Gasteiger partial charge in [0.05, 0.1) is 17.4 Å². The average Bonchev–Trinajstić information content (AvgIpc) is 2.85. The van der Waals surface area contributed by atoms with E-state index in [1.54, 1.807) is 48.5 Å². The molecule has 2 aromatic carbocycles. The maximum atomic E-state index is 12.9. The molecule has 0 saturated heterocycles. The van der Waals surface area contributed by atoms with Gasteiger partial charge in [-0.15, -0.1) is 0 Å². The summed E-state index contributed by atoms with van der Waals surface area (Å²) >= 11 is 6.21. The summed E-state index contributed by atoms with van der Waals surface area (Å²) in [6, 6.07) is 13.2. The van der Waals surface area contributed by atoms with Crippen LogP contribution in [0.1, 0.15) is 26.3 Å². The van der Waals surface area contributed by atoms with Crippen LogP contribution in [0.2, 0.25) is 0 Å². The quantitative estimate of drug-likeness (QED) is 0.773. The summed E-state index contributed by atoms with van der Waals surface area (Å²) in [5.74, 6) is -0.633. The third kappa shape index (κ3) is 3.92. The van der Waals surface area contributed by atoms with Crippen LogP contribution in [0, 0.1) is 0 Å². The first-order valence-electron chi connectivity index (χ1n) is 8.71. The first kappa shape index (κ1) is 19.6. The van der Waals surface area contributed by atoms with Crippen LogP contribution in [-0.2, 0) is 14.4 Å². The zero-order valence-electron chi connectivity index (χ0n) is 15.7. The molecular formula is C21H19ClN2O4. The van der Waals surface area contributed by atoms with Gasteiger partial charge < -0.3 is 10.1 Å². The molecule has 7 heteroatoms. The van der Waals surface area contributed by atoms with Crippen molar-refractivity contribution in [3.8, 4) is 5.75 Å². The van der Waals surface area contributed by atoms with Gasteiger partial charge in [0.1, 0.15) is 10.8 Å². The maximum absolute atomic E-state index is 12.9. The second-order valence-electron chi connectivity index (χ2n) is 6.55. The predicted octanol–water partition coefficient (Wildman–Crippen LogP) is 3.96. The Morgan fingerprint density at radius 3 is 2.14 bits per heavy atom. The second kappa shape index (κ2) is 7.86. The van der Waals surface area contributed by atoms with E-state index in [9.17, 15) is 14.4 Å². The highest BCUT2D eigenvalue weighted by Gasteiger charge is 2.39. The molecule has 0 aromatic heterocycles. The van der Waals surface area contributed by atoms with Crippen molar-refractivity contribution in [2.24, 2.45) is 0 Å². The lowest BCUT2D eigenvalue weighted by molar-refractivity contribution is -0.120. The number of anilines is 2. The standard InChI is InChI=1S/C21H19ClN2O4/c1-12(2)28-17-10-4-14(5-11-17)18-19(22)21(27)24(20(18)26)16-8-6-15(7-9-16)23-13(3)25/h4-12H,1-3H3,(H,23,25). The molecule has 0 atom stereocenters. The van der Waals surface area contributed by atoms with Gasteiger partial charge in [-0.25, -0.2) is 4.90 Å². The zero-order chi connectivity index (χ0) is 20.4. The largest absolute Gasteiger partial charge is 0.491 e. The molecule has 0 saturated carbocycles. The van der Waals surface area contributed by atoms with Crippen molar-refractivity contribution in [2.45, 2.75) is 26.9 Å². The number of halogens is 1. The fourth-order valence-electron chi connectivity index (χ4n) is 2.86. The molecule has 0 unspecified atom stereocenters. The Labute approximate surface area is 167 Å². The van der Waals surface area contributed by atoms with Crippen molar-refractivity contribution in [1.29, 1.82) is 0 Å². The van der Waals surface area contributed by atoms with E-state index in [4.69, 9.17) is 16.3 Å². The first-order valence-corrected chi connectivity index (χ1v) is 9.09. The molecule has 2 aromatic rings. The molecule has 1 heterocycles. The highest BCUT2D eigenvalue weighted by atomic mass is 35.5. The van der Waals surface area contributed by atoms with E-state index in [2.05, 4.69) is 5.32 Å². The van der Waals surface area contributed by atoms with E-state index in [0.29, 0.717) is 22.7 Å². The molecule has 3 rings (SSSR count). The normalized spacial score (nSPS) is 14.1. The number of nitrogens with zero attached hydrogens (tertiary/aromatic N) is 1. The zero-order valence-corrected chi connectivity index (χ0v) is 16.4. The Hall–Kier alpha value is -3.12. The van der Waals surface area contributed by atoms with E-state index in [-0.39, 0.29) is 22.6 Å². The molecular weight excluding hydrogens is 380 g/mol. The molecule has 0 aliphatic carbocycles. The molecule has 1 N–H and O–H groups in total. The van der Waals surface area contributed by atoms with E-state index in [1.807, 2.05) is 13.8 Å². The lowest BCUT2D eigenvalue weighted by atomic mass is 10.1. The topological polar surface area (TPSA) is 75.7 Å². The molecule has 0 spiro atoms. The van der Waals surface area contributed by atoms with Crippen LogP contribution >= 0.6 is 11.6 Å². The molecule has 0 bridgehead atoms. The van der Waals surface area contributed by atoms with Gasteiger partial charge in [0.15, 0.2) is 0 Å². The van der Waals surface area contributed by atoms with Gasteiger partial charge in [-0.3, -0.25) is 14.4 Å². The Kier molecular flexibility index (Phi) is 5.51. The Morgan fingerprint density at radius 1 is 1.00 bits per heavy atom. The average molecular weight is 399 g/mol. The van der Waals surface area contributed by atoms with Gasteiger partial charge in [-0.05, 0) is 55.8 Å². The van der Waals surface area contributed by atoms with E-state index >= 15 is 0 Å². The van der Waals surface area contributed by atoms with Gasteiger partial charge in [-0.2, -0.15) is 0 Å². The Morgan fingerprint density at radius 2 is 1.61 bits per heavy atom. The summed E-state index contributed by atoms with van der Waals surface area (Å²) in [6.07, 6.45) is 0.0271. The third-order valence-corrected chi connectivity index (χ3v) is 4.34. The fraction of sp³-hybridized carbons (Fsp3) is 0.190. The molecule has 0 radical (unpaired) electrons. The number of carbonyl (C=O) groups is 3. The van der Waals surface area contributed by atoms with Gasteiger partial charge >= 0.3 is 0 Å². The highest BCUT2D eigenvalue weighted by Crippen LogP contribution is 2.35. The van der Waals surface area contributed by atoms with Crippen LogP contribution in [0.15, 0.2) is 53.6 Å². The highest BCUT2D eigenvalue weighted by molar-refractivity contribution is 6.60. The Balaban J connectivity index is 1.86. The number of imide groups is 1. The fourth-order valence-corrected chi connectivity index (χ4v) is 3.13. The molecule has 6 nitrogen and oxygen atoms in total. The summed E-state index contributed by atoms with van der Waals surface area (Å²) in [4.78, 5) is 37.7. The van der Waals surface area contributed by atoms with Crippen molar-refractivity contribution in [3.63, 3.8) is 0 Å². The number of hydrogen-bond acceptors (Lipinski definition) is 4. The van der Waals surface area contributed by atoms with Crippen LogP contribution in [0.5, 0.6) is 5.75 Å². The number of nitrogens with one attached hydrogen (secondary N) is 1. The van der Waals surface area contributed by atoms with Crippen LogP contribution < -0.4 is 15.0 Å². The molecule has 1 aliphatic rings. The predicted molar refractivity (Wildman–Crippen MR) is 108 cm³/mol. The number of rotatable bonds is 5. The minimum atomic E-state index is -0.587. The maximum Gasteiger partial charge on any atom is 0.277 e. The molecule has 1 aliphatic heterocycles. The van der Waals surface area contributed by atoms with E-state index < -0.39 is 11.8 Å². The number of benzene rings is 2. The van der Waals surface area contributed by atoms with Crippen molar-refractivity contribution in [1.82, 2.24) is 0 Å². The minimum Gasteiger partial charge on any atom is -0.491 e. The number of ether oxygens (including phenoxy) is 1. The van der Waals surface area contributed by atoms with Crippen LogP contribution in [0.25, 0.3) is 5.57 Å². The molecule has 0 fully saturated rings. The Bertz CT molecular complexity index is 963. The summed E-state index contributed by atoms with van der Waals surface area (Å²) < 4.78 is 5.59. The lowest BCUT2D eigenvalue weighted by Gasteiger charge is -2.15. The molecule has 3 amide bonds. The number of hydrogen-bond donors (Lipinski definition) is 1. The first-order chi connectivity index (χ1) is 13.3. The third-order valence-electron chi connectivity index (χ3n) is 3.99. The summed E-state index contributed by atoms with van der Waals surface area (Å²) in [5.41, 5.74) is 1.62. The van der Waals surface area contributed by atoms with Gasteiger partial charge in [-0.1, -0.05) is 23.7 Å². The van der Waals surface area contributed by atoms with E-state index in [0.717, 1.165) is 4.90 Å².